The lowest BCUT2D eigenvalue weighted by atomic mass is 10.1. The zero-order chi connectivity index (χ0) is 26.4. The summed E-state index contributed by atoms with van der Waals surface area (Å²) in [5.74, 6) is -1.47. The second-order valence-corrected chi connectivity index (χ2v) is 8.93. The van der Waals surface area contributed by atoms with E-state index in [1.165, 1.54) is 29.4 Å². The van der Waals surface area contributed by atoms with E-state index in [1.54, 1.807) is 6.07 Å². The van der Waals surface area contributed by atoms with Gasteiger partial charge in [-0.3, -0.25) is 19.5 Å². The molecule has 0 bridgehead atoms. The van der Waals surface area contributed by atoms with Crippen LogP contribution in [0.25, 0.3) is 0 Å². The van der Waals surface area contributed by atoms with Crippen molar-refractivity contribution in [1.29, 1.82) is 0 Å². The highest BCUT2D eigenvalue weighted by atomic mass is 19.4. The van der Waals surface area contributed by atoms with Crippen LogP contribution in [0.1, 0.15) is 18.9 Å². The second kappa shape index (κ2) is 8.91. The van der Waals surface area contributed by atoms with Gasteiger partial charge in [-0.25, -0.2) is 9.69 Å². The number of nitrogens with one attached hydrogen (secondary N) is 1. The summed E-state index contributed by atoms with van der Waals surface area (Å²) >= 11 is 0. The standard InChI is InChI=1S/C26H21F3N4O4/c1-16-14-25(16)23(35)32(18-7-9-19(10-8-18)37-26(27,28)29)24(36)33(25)21-11-12-30-15-20(21)31-22(34)13-17-5-3-2-4-6-17/h2-12,15-16H,13-14H2,1H3,(H,31,34). The van der Waals surface area contributed by atoms with Crippen LogP contribution >= 0.6 is 0 Å². The van der Waals surface area contributed by atoms with E-state index >= 15 is 0 Å². The molecule has 1 aliphatic carbocycles. The Morgan fingerprint density at radius 3 is 2.41 bits per heavy atom. The third-order valence-corrected chi connectivity index (χ3v) is 6.48. The number of pyridine rings is 1. The van der Waals surface area contributed by atoms with Crippen LogP contribution < -0.4 is 19.9 Å². The largest absolute Gasteiger partial charge is 0.573 e. The second-order valence-electron chi connectivity index (χ2n) is 8.93. The summed E-state index contributed by atoms with van der Waals surface area (Å²) in [4.78, 5) is 46.3. The maximum absolute atomic E-state index is 13.6. The summed E-state index contributed by atoms with van der Waals surface area (Å²) in [5, 5.41) is 2.79. The molecule has 1 N–H and O–H groups in total. The zero-order valence-corrected chi connectivity index (χ0v) is 19.5. The summed E-state index contributed by atoms with van der Waals surface area (Å²) < 4.78 is 41.5. The molecule has 1 saturated carbocycles. The van der Waals surface area contributed by atoms with E-state index in [-0.39, 0.29) is 29.6 Å². The predicted molar refractivity (Wildman–Crippen MR) is 128 cm³/mol. The minimum atomic E-state index is -4.87. The Bertz CT molecular complexity index is 1360. The molecule has 1 saturated heterocycles. The van der Waals surface area contributed by atoms with E-state index in [1.807, 2.05) is 37.3 Å². The quantitative estimate of drug-likeness (QED) is 0.476. The minimum absolute atomic E-state index is 0.0993. The van der Waals surface area contributed by atoms with Gasteiger partial charge in [-0.1, -0.05) is 37.3 Å². The fourth-order valence-electron chi connectivity index (χ4n) is 4.66. The van der Waals surface area contributed by atoms with Gasteiger partial charge in [0.25, 0.3) is 5.91 Å². The number of urea groups is 1. The summed E-state index contributed by atoms with van der Waals surface area (Å²) in [6, 6.07) is 14.5. The molecule has 2 aromatic carbocycles. The Morgan fingerprint density at radius 1 is 1.11 bits per heavy atom. The number of hydrogen-bond donors (Lipinski definition) is 1. The van der Waals surface area contributed by atoms with Gasteiger partial charge in [0.15, 0.2) is 0 Å². The number of aromatic nitrogens is 1. The lowest BCUT2D eigenvalue weighted by Gasteiger charge is -2.24. The number of rotatable bonds is 6. The van der Waals surface area contributed by atoms with E-state index in [0.29, 0.717) is 12.1 Å². The molecule has 190 valence electrons. The van der Waals surface area contributed by atoms with Gasteiger partial charge in [-0.2, -0.15) is 0 Å². The number of benzene rings is 2. The van der Waals surface area contributed by atoms with Crippen molar-refractivity contribution in [2.75, 3.05) is 15.1 Å². The molecule has 2 unspecified atom stereocenters. The Labute approximate surface area is 209 Å². The number of imide groups is 1. The Hall–Kier alpha value is -4.41. The number of halogens is 3. The maximum atomic E-state index is 13.6. The van der Waals surface area contributed by atoms with Crippen molar-refractivity contribution < 1.29 is 32.3 Å². The summed E-state index contributed by atoms with van der Waals surface area (Å²) in [6.45, 7) is 1.83. The van der Waals surface area contributed by atoms with Crippen molar-refractivity contribution in [1.82, 2.24) is 4.98 Å². The van der Waals surface area contributed by atoms with E-state index in [2.05, 4.69) is 15.0 Å². The third kappa shape index (κ3) is 4.48. The number of anilines is 3. The molecule has 2 atom stereocenters. The molecule has 0 radical (unpaired) electrons. The van der Waals surface area contributed by atoms with Crippen LogP contribution in [0.5, 0.6) is 5.75 Å². The number of nitrogens with zero attached hydrogens (tertiary/aromatic N) is 3. The molecular formula is C26H21F3N4O4. The highest BCUT2D eigenvalue weighted by Crippen LogP contribution is 2.56. The number of hydrogen-bond acceptors (Lipinski definition) is 5. The van der Waals surface area contributed by atoms with Gasteiger partial charge in [0, 0.05) is 6.20 Å². The normalized spacial score (nSPS) is 20.9. The Kier molecular flexibility index (Phi) is 5.85. The molecular weight excluding hydrogens is 489 g/mol. The number of carbonyl (C=O) groups excluding carboxylic acids is 3. The topological polar surface area (TPSA) is 91.8 Å². The molecule has 2 aliphatic rings. The molecule has 1 aromatic heterocycles. The fraction of sp³-hybridized carbons (Fsp3) is 0.231. The first-order valence-corrected chi connectivity index (χ1v) is 11.4. The van der Waals surface area contributed by atoms with E-state index in [9.17, 15) is 27.6 Å². The van der Waals surface area contributed by atoms with E-state index in [4.69, 9.17) is 0 Å². The first-order valence-electron chi connectivity index (χ1n) is 11.4. The van der Waals surface area contributed by atoms with Crippen LogP contribution in [-0.4, -0.2) is 34.7 Å². The summed E-state index contributed by atoms with van der Waals surface area (Å²) in [6.07, 6.45) is -1.52. The molecule has 2 fully saturated rings. The van der Waals surface area contributed by atoms with E-state index in [0.717, 1.165) is 22.6 Å². The summed E-state index contributed by atoms with van der Waals surface area (Å²) in [5.41, 5.74) is 0.305. The summed E-state index contributed by atoms with van der Waals surface area (Å²) in [7, 11) is 0. The van der Waals surface area contributed by atoms with Crippen molar-refractivity contribution in [2.24, 2.45) is 5.92 Å². The van der Waals surface area contributed by atoms with Gasteiger partial charge in [0.1, 0.15) is 11.3 Å². The smallest absolute Gasteiger partial charge is 0.406 e. The van der Waals surface area contributed by atoms with Gasteiger partial charge < -0.3 is 10.1 Å². The number of carbonyl (C=O) groups is 3. The molecule has 3 aromatic rings. The van der Waals surface area contributed by atoms with Crippen LogP contribution in [0.2, 0.25) is 0 Å². The van der Waals surface area contributed by atoms with Gasteiger partial charge in [0.05, 0.1) is 29.7 Å². The van der Waals surface area contributed by atoms with Crippen LogP contribution in [-0.2, 0) is 16.0 Å². The lowest BCUT2D eigenvalue weighted by molar-refractivity contribution is -0.274. The van der Waals surface area contributed by atoms with Crippen LogP contribution in [0.3, 0.4) is 0 Å². The third-order valence-electron chi connectivity index (χ3n) is 6.48. The highest BCUT2D eigenvalue weighted by Gasteiger charge is 2.70. The average Bonchev–Trinajstić information content (AvgIpc) is 3.46. The van der Waals surface area contributed by atoms with Crippen LogP contribution in [0.4, 0.5) is 35.0 Å². The van der Waals surface area contributed by atoms with E-state index < -0.39 is 29.6 Å². The fourth-order valence-corrected chi connectivity index (χ4v) is 4.66. The first kappa shape index (κ1) is 24.3. The van der Waals surface area contributed by atoms with Crippen molar-refractivity contribution in [3.8, 4) is 5.75 Å². The van der Waals surface area contributed by atoms with Crippen molar-refractivity contribution >= 4 is 34.9 Å². The lowest BCUT2D eigenvalue weighted by Crippen LogP contribution is -2.39. The van der Waals surface area contributed by atoms with Gasteiger partial charge in [0.2, 0.25) is 5.91 Å². The van der Waals surface area contributed by atoms with Crippen molar-refractivity contribution in [3.63, 3.8) is 0 Å². The van der Waals surface area contributed by atoms with Gasteiger partial charge >= 0.3 is 12.4 Å². The molecule has 2 heterocycles. The molecule has 1 spiro atoms. The van der Waals surface area contributed by atoms with Crippen molar-refractivity contribution in [2.45, 2.75) is 31.7 Å². The van der Waals surface area contributed by atoms with Crippen molar-refractivity contribution in [3.05, 3.63) is 78.6 Å². The number of amides is 4. The molecule has 8 nitrogen and oxygen atoms in total. The van der Waals surface area contributed by atoms with Crippen LogP contribution in [0.15, 0.2) is 73.1 Å². The SMILES string of the molecule is CC1CC12C(=O)N(c1ccc(OC(F)(F)F)cc1)C(=O)N2c1ccncc1NC(=O)Cc1ccccc1. The number of alkyl halides is 3. The minimum Gasteiger partial charge on any atom is -0.406 e. The van der Waals surface area contributed by atoms with Gasteiger partial charge in [-0.05, 0) is 48.2 Å². The average molecular weight is 510 g/mol. The molecule has 1 aliphatic heterocycles. The number of ether oxygens (including phenoxy) is 1. The molecule has 4 amide bonds. The Morgan fingerprint density at radius 2 is 1.78 bits per heavy atom. The monoisotopic (exact) mass is 510 g/mol. The van der Waals surface area contributed by atoms with Gasteiger partial charge in [-0.15, -0.1) is 13.2 Å². The molecule has 37 heavy (non-hydrogen) atoms. The first-order chi connectivity index (χ1) is 17.6. The van der Waals surface area contributed by atoms with Crippen LogP contribution in [0, 0.1) is 5.92 Å². The molecule has 5 rings (SSSR count). The predicted octanol–water partition coefficient (Wildman–Crippen LogP) is 4.91. The zero-order valence-electron chi connectivity index (χ0n) is 19.5. The Balaban J connectivity index is 1.44. The highest BCUT2D eigenvalue weighted by molar-refractivity contribution is 6.32. The maximum Gasteiger partial charge on any atom is 0.573 e. The molecule has 11 heteroatoms.